The first kappa shape index (κ1) is 16.2. The van der Waals surface area contributed by atoms with E-state index in [0.717, 1.165) is 0 Å². The van der Waals surface area contributed by atoms with Crippen LogP contribution in [0, 0.1) is 0 Å². The van der Waals surface area contributed by atoms with Gasteiger partial charge in [-0.3, -0.25) is 4.79 Å². The van der Waals surface area contributed by atoms with E-state index in [9.17, 15) is 4.79 Å². The largest absolute Gasteiger partial charge is 0.493 e. The highest BCUT2D eigenvalue weighted by Crippen LogP contribution is 2.14. The van der Waals surface area contributed by atoms with Gasteiger partial charge in [-0.15, -0.1) is 0 Å². The fraction of sp³-hybridized carbons (Fsp3) is 0.462. The highest BCUT2D eigenvalue weighted by Gasteiger charge is 2.29. The average Bonchev–Trinajstić information content (AvgIpc) is 2.45. The summed E-state index contributed by atoms with van der Waals surface area (Å²) in [4.78, 5) is 11.6. The summed E-state index contributed by atoms with van der Waals surface area (Å²) in [7, 11) is 0. The van der Waals surface area contributed by atoms with Gasteiger partial charge in [-0.2, -0.15) is 0 Å². The quantitative estimate of drug-likeness (QED) is 0.385. The molecule has 0 atom stereocenters. The zero-order valence-electron chi connectivity index (χ0n) is 11.1. The van der Waals surface area contributed by atoms with Crippen LogP contribution in [-0.2, 0) is 4.79 Å². The first-order valence-corrected chi connectivity index (χ1v) is 6.17. The first-order chi connectivity index (χ1) is 9.55. The van der Waals surface area contributed by atoms with Crippen LogP contribution in [0.3, 0.4) is 0 Å². The number of benzene rings is 1. The Balaban J connectivity index is 2.40. The predicted octanol–water partition coefficient (Wildman–Crippen LogP) is -1.13. The van der Waals surface area contributed by atoms with E-state index >= 15 is 0 Å². The van der Waals surface area contributed by atoms with Crippen LogP contribution >= 0.6 is 0 Å². The van der Waals surface area contributed by atoms with Crippen molar-refractivity contribution in [3.63, 3.8) is 0 Å². The molecule has 112 valence electrons. The maximum atomic E-state index is 11.6. The van der Waals surface area contributed by atoms with E-state index in [1.165, 1.54) is 0 Å². The monoisotopic (exact) mass is 284 g/mol. The summed E-state index contributed by atoms with van der Waals surface area (Å²) in [6, 6.07) is 6.81. The number of aliphatic hydroxyl groups is 3. The van der Waals surface area contributed by atoms with Gasteiger partial charge in [0.25, 0.3) is 0 Å². The molecular formula is C13H20N2O5. The summed E-state index contributed by atoms with van der Waals surface area (Å²) in [6.45, 7) is -1.54. The lowest BCUT2D eigenvalue weighted by Crippen LogP contribution is -2.57. The molecule has 7 nitrogen and oxygen atoms in total. The Morgan fingerprint density at radius 2 is 1.90 bits per heavy atom. The molecule has 0 aliphatic rings. The van der Waals surface area contributed by atoms with E-state index < -0.39 is 31.3 Å². The number of amides is 1. The highest BCUT2D eigenvalue weighted by atomic mass is 16.5. The van der Waals surface area contributed by atoms with Gasteiger partial charge in [0.1, 0.15) is 11.3 Å². The van der Waals surface area contributed by atoms with Gasteiger partial charge in [0.15, 0.2) is 0 Å². The van der Waals surface area contributed by atoms with Crippen LogP contribution in [0.2, 0.25) is 0 Å². The molecule has 7 heteroatoms. The molecule has 0 aliphatic heterocycles. The molecule has 0 saturated heterocycles. The Labute approximate surface area is 117 Å². The van der Waals surface area contributed by atoms with Crippen LogP contribution in [0.4, 0.5) is 5.69 Å². The van der Waals surface area contributed by atoms with Crippen molar-refractivity contribution >= 4 is 11.6 Å². The van der Waals surface area contributed by atoms with Gasteiger partial charge in [0, 0.05) is 11.8 Å². The molecule has 1 aromatic rings. The van der Waals surface area contributed by atoms with Crippen molar-refractivity contribution in [2.24, 2.45) is 0 Å². The van der Waals surface area contributed by atoms with Crippen molar-refractivity contribution in [1.82, 2.24) is 5.32 Å². The van der Waals surface area contributed by atoms with Crippen molar-refractivity contribution in [3.05, 3.63) is 24.3 Å². The summed E-state index contributed by atoms with van der Waals surface area (Å²) in [5, 5.41) is 29.6. The minimum atomic E-state index is -1.41. The SMILES string of the molecule is Nc1cccc(OCCC(=O)NC(CO)(CO)CO)c1. The number of nitrogen functional groups attached to an aromatic ring is 1. The molecule has 0 aromatic heterocycles. The number of aliphatic hydroxyl groups excluding tert-OH is 3. The maximum Gasteiger partial charge on any atom is 0.224 e. The number of anilines is 1. The van der Waals surface area contributed by atoms with Crippen molar-refractivity contribution in [1.29, 1.82) is 0 Å². The number of nitrogens with one attached hydrogen (secondary N) is 1. The Morgan fingerprint density at radius 3 is 2.45 bits per heavy atom. The van der Waals surface area contributed by atoms with Gasteiger partial charge in [-0.1, -0.05) is 6.07 Å². The molecule has 6 N–H and O–H groups in total. The summed E-state index contributed by atoms with van der Waals surface area (Å²) in [5.74, 6) is 0.113. The number of carbonyl (C=O) groups excluding carboxylic acids is 1. The van der Waals surface area contributed by atoms with Crippen molar-refractivity contribution in [2.45, 2.75) is 12.0 Å². The smallest absolute Gasteiger partial charge is 0.224 e. The zero-order chi connectivity index (χ0) is 15.0. The van der Waals surface area contributed by atoms with E-state index in [1.54, 1.807) is 24.3 Å². The number of hydrogen-bond acceptors (Lipinski definition) is 6. The lowest BCUT2D eigenvalue weighted by atomic mass is 10.0. The molecule has 0 saturated carbocycles. The molecule has 20 heavy (non-hydrogen) atoms. The van der Waals surface area contributed by atoms with Gasteiger partial charge < -0.3 is 31.1 Å². The van der Waals surface area contributed by atoms with Gasteiger partial charge >= 0.3 is 0 Å². The standard InChI is InChI=1S/C13H20N2O5/c14-10-2-1-3-11(6-10)20-5-4-12(19)15-13(7-16,8-17)9-18/h1-3,6,16-18H,4-5,7-9,14H2,(H,15,19). The third-order valence-electron chi connectivity index (χ3n) is 2.77. The third-order valence-corrected chi connectivity index (χ3v) is 2.77. The Hall–Kier alpha value is -1.83. The van der Waals surface area contributed by atoms with Crippen LogP contribution in [0.1, 0.15) is 6.42 Å². The van der Waals surface area contributed by atoms with Crippen molar-refractivity contribution in [3.8, 4) is 5.75 Å². The third kappa shape index (κ3) is 4.69. The van der Waals surface area contributed by atoms with Crippen LogP contribution in [0.15, 0.2) is 24.3 Å². The van der Waals surface area contributed by atoms with Crippen LogP contribution in [-0.4, -0.2) is 53.2 Å². The van der Waals surface area contributed by atoms with E-state index in [1.807, 2.05) is 0 Å². The molecule has 0 heterocycles. The lowest BCUT2D eigenvalue weighted by molar-refractivity contribution is -0.125. The van der Waals surface area contributed by atoms with Gasteiger partial charge in [-0.25, -0.2) is 0 Å². The summed E-state index contributed by atoms with van der Waals surface area (Å²) < 4.78 is 5.34. The number of hydrogen-bond donors (Lipinski definition) is 5. The molecule has 0 aliphatic carbocycles. The Morgan fingerprint density at radius 1 is 1.25 bits per heavy atom. The van der Waals surface area contributed by atoms with E-state index in [2.05, 4.69) is 5.32 Å². The minimum absolute atomic E-state index is 0.0244. The zero-order valence-corrected chi connectivity index (χ0v) is 11.1. The van der Waals surface area contributed by atoms with Crippen LogP contribution in [0.5, 0.6) is 5.75 Å². The second-order valence-electron chi connectivity index (χ2n) is 4.47. The Kier molecular flexibility index (Phi) is 6.23. The number of ether oxygens (including phenoxy) is 1. The normalized spacial score (nSPS) is 11.2. The molecule has 1 amide bonds. The summed E-state index contributed by atoms with van der Waals surface area (Å²) >= 11 is 0. The second-order valence-corrected chi connectivity index (χ2v) is 4.47. The predicted molar refractivity (Wildman–Crippen MR) is 73.1 cm³/mol. The van der Waals surface area contributed by atoms with Crippen LogP contribution in [0.25, 0.3) is 0 Å². The molecule has 0 radical (unpaired) electrons. The number of carbonyl (C=O) groups is 1. The topological polar surface area (TPSA) is 125 Å². The van der Waals surface area contributed by atoms with Crippen molar-refractivity contribution in [2.75, 3.05) is 32.2 Å². The van der Waals surface area contributed by atoms with Gasteiger partial charge in [0.05, 0.1) is 32.8 Å². The minimum Gasteiger partial charge on any atom is -0.493 e. The summed E-state index contributed by atoms with van der Waals surface area (Å²) in [5.41, 5.74) is 4.74. The second kappa shape index (κ2) is 7.68. The Bertz CT molecular complexity index is 426. The molecule has 0 spiro atoms. The molecule has 1 rings (SSSR count). The van der Waals surface area contributed by atoms with E-state index in [4.69, 9.17) is 25.8 Å². The number of nitrogens with two attached hydrogens (primary N) is 1. The molecule has 0 fully saturated rings. The highest BCUT2D eigenvalue weighted by molar-refractivity contribution is 5.77. The number of rotatable bonds is 8. The fourth-order valence-electron chi connectivity index (χ4n) is 1.49. The molecule has 0 bridgehead atoms. The maximum absolute atomic E-state index is 11.6. The average molecular weight is 284 g/mol. The van der Waals surface area contributed by atoms with E-state index in [0.29, 0.717) is 11.4 Å². The molecule has 0 unspecified atom stereocenters. The first-order valence-electron chi connectivity index (χ1n) is 6.17. The molecular weight excluding hydrogens is 264 g/mol. The fourth-order valence-corrected chi connectivity index (χ4v) is 1.49. The van der Waals surface area contributed by atoms with Gasteiger partial charge in [-0.05, 0) is 12.1 Å². The molecule has 1 aromatic carbocycles. The lowest BCUT2D eigenvalue weighted by Gasteiger charge is -2.28. The summed E-state index contributed by atoms with van der Waals surface area (Å²) in [6.07, 6.45) is 0.0244. The van der Waals surface area contributed by atoms with E-state index in [-0.39, 0.29) is 13.0 Å². The van der Waals surface area contributed by atoms with Crippen LogP contribution < -0.4 is 15.8 Å². The van der Waals surface area contributed by atoms with Crippen molar-refractivity contribution < 1.29 is 24.9 Å². The van der Waals surface area contributed by atoms with Gasteiger partial charge in [0.2, 0.25) is 5.91 Å².